The van der Waals surface area contributed by atoms with Crippen LogP contribution in [0.5, 0.6) is 0 Å². The van der Waals surface area contributed by atoms with Gasteiger partial charge in [-0.25, -0.2) is 0 Å². The Kier molecular flexibility index (Phi) is 3.25. The lowest BCUT2D eigenvalue weighted by atomic mass is 10.2. The molecule has 0 amide bonds. The molecule has 0 unspecified atom stereocenters. The minimum Gasteiger partial charge on any atom is -0.370 e. The molecule has 1 aliphatic rings. The summed E-state index contributed by atoms with van der Waals surface area (Å²) in [6.07, 6.45) is 1.66. The van der Waals surface area contributed by atoms with E-state index in [1.165, 1.54) is 5.56 Å². The van der Waals surface area contributed by atoms with E-state index in [1.807, 2.05) is 18.2 Å². The zero-order valence-corrected chi connectivity index (χ0v) is 9.44. The van der Waals surface area contributed by atoms with E-state index in [-0.39, 0.29) is 5.78 Å². The van der Waals surface area contributed by atoms with E-state index in [1.54, 1.807) is 13.0 Å². The van der Waals surface area contributed by atoms with Crippen molar-refractivity contribution >= 4 is 5.78 Å². The third-order valence-corrected chi connectivity index (χ3v) is 2.58. The summed E-state index contributed by atoms with van der Waals surface area (Å²) < 4.78 is 0. The first-order valence-corrected chi connectivity index (χ1v) is 5.51. The number of hydrogen-bond acceptors (Lipinski definition) is 3. The minimum atomic E-state index is 0.0856. The maximum Gasteiger partial charge on any atom is 0.156 e. The Bertz CT molecular complexity index is 398. The summed E-state index contributed by atoms with van der Waals surface area (Å²) >= 11 is 0. The Morgan fingerprint density at radius 1 is 1.44 bits per heavy atom. The number of nitrogens with zero attached hydrogens (tertiary/aromatic N) is 1. The van der Waals surface area contributed by atoms with Gasteiger partial charge in [0.25, 0.3) is 0 Å². The van der Waals surface area contributed by atoms with Crippen LogP contribution in [-0.4, -0.2) is 23.8 Å². The molecule has 0 aliphatic carbocycles. The molecule has 1 aliphatic heterocycles. The van der Waals surface area contributed by atoms with Crippen LogP contribution in [0.15, 0.2) is 42.2 Å². The van der Waals surface area contributed by atoms with Crippen molar-refractivity contribution in [3.8, 4) is 0 Å². The molecule has 2 rings (SSSR count). The van der Waals surface area contributed by atoms with Crippen LogP contribution in [0.4, 0.5) is 0 Å². The van der Waals surface area contributed by atoms with Crippen LogP contribution in [0.3, 0.4) is 0 Å². The van der Waals surface area contributed by atoms with Gasteiger partial charge in [0.15, 0.2) is 5.78 Å². The lowest BCUT2D eigenvalue weighted by Crippen LogP contribution is -2.20. The fraction of sp³-hybridized carbons (Fsp3) is 0.308. The van der Waals surface area contributed by atoms with E-state index in [2.05, 4.69) is 22.3 Å². The maximum atomic E-state index is 11.1. The van der Waals surface area contributed by atoms with Gasteiger partial charge in [-0.3, -0.25) is 4.79 Å². The van der Waals surface area contributed by atoms with Crippen molar-refractivity contribution in [2.24, 2.45) is 0 Å². The second-order valence-electron chi connectivity index (χ2n) is 3.97. The fourth-order valence-corrected chi connectivity index (χ4v) is 1.85. The summed E-state index contributed by atoms with van der Waals surface area (Å²) in [5.74, 6) is 1.03. The van der Waals surface area contributed by atoms with E-state index in [0.29, 0.717) is 0 Å². The molecular formula is C13H16N2O. The summed E-state index contributed by atoms with van der Waals surface area (Å²) in [6, 6.07) is 10.3. The molecule has 0 radical (unpaired) electrons. The number of rotatable bonds is 3. The molecule has 1 N–H and O–H groups in total. The van der Waals surface area contributed by atoms with E-state index >= 15 is 0 Å². The number of carbonyl (C=O) groups excluding carboxylic acids is 1. The van der Waals surface area contributed by atoms with E-state index < -0.39 is 0 Å². The van der Waals surface area contributed by atoms with Crippen molar-refractivity contribution in [2.45, 2.75) is 13.5 Å². The molecule has 1 heterocycles. The summed E-state index contributed by atoms with van der Waals surface area (Å²) in [7, 11) is 0. The van der Waals surface area contributed by atoms with Gasteiger partial charge in [-0.1, -0.05) is 30.3 Å². The van der Waals surface area contributed by atoms with Crippen molar-refractivity contribution in [1.29, 1.82) is 0 Å². The lowest BCUT2D eigenvalue weighted by molar-refractivity contribution is -0.112. The highest BCUT2D eigenvalue weighted by Gasteiger charge is 2.16. The molecule has 0 aromatic heterocycles. The summed E-state index contributed by atoms with van der Waals surface area (Å²) in [6.45, 7) is 4.29. The largest absolute Gasteiger partial charge is 0.370 e. The molecule has 1 aromatic carbocycles. The van der Waals surface area contributed by atoms with Gasteiger partial charge in [0.05, 0.1) is 0 Å². The van der Waals surface area contributed by atoms with Gasteiger partial charge < -0.3 is 10.2 Å². The number of hydrogen-bond donors (Lipinski definition) is 1. The van der Waals surface area contributed by atoms with Crippen LogP contribution in [0.1, 0.15) is 12.5 Å². The van der Waals surface area contributed by atoms with Gasteiger partial charge in [-0.2, -0.15) is 0 Å². The van der Waals surface area contributed by atoms with Crippen molar-refractivity contribution in [2.75, 3.05) is 13.1 Å². The first-order valence-electron chi connectivity index (χ1n) is 5.51. The number of nitrogens with one attached hydrogen (secondary N) is 1. The van der Waals surface area contributed by atoms with Gasteiger partial charge in [-0.05, 0) is 12.5 Å². The predicted octanol–water partition coefficient (Wildman–Crippen LogP) is 1.52. The van der Waals surface area contributed by atoms with E-state index in [9.17, 15) is 4.79 Å². The molecule has 84 valence electrons. The summed E-state index contributed by atoms with van der Waals surface area (Å²) in [4.78, 5) is 13.2. The summed E-state index contributed by atoms with van der Waals surface area (Å²) in [5, 5.41) is 3.22. The highest BCUT2D eigenvalue weighted by molar-refractivity contribution is 5.87. The first kappa shape index (κ1) is 10.7. The molecule has 3 heteroatoms. The maximum absolute atomic E-state index is 11.1. The smallest absolute Gasteiger partial charge is 0.156 e. The minimum absolute atomic E-state index is 0.0856. The average Bonchev–Trinajstić information content (AvgIpc) is 2.66. The van der Waals surface area contributed by atoms with Crippen molar-refractivity contribution < 1.29 is 4.79 Å². The second kappa shape index (κ2) is 4.84. The van der Waals surface area contributed by atoms with Gasteiger partial charge in [0.2, 0.25) is 0 Å². The van der Waals surface area contributed by atoms with Gasteiger partial charge in [-0.15, -0.1) is 0 Å². The van der Waals surface area contributed by atoms with Crippen LogP contribution in [-0.2, 0) is 11.3 Å². The van der Waals surface area contributed by atoms with Crippen molar-refractivity contribution in [3.63, 3.8) is 0 Å². The summed E-state index contributed by atoms with van der Waals surface area (Å²) in [5.41, 5.74) is 1.26. The Morgan fingerprint density at radius 2 is 2.19 bits per heavy atom. The molecular weight excluding hydrogens is 200 g/mol. The zero-order chi connectivity index (χ0) is 11.4. The van der Waals surface area contributed by atoms with Crippen LogP contribution in [0.25, 0.3) is 0 Å². The number of allylic oxidation sites excluding steroid dienone is 1. The fourth-order valence-electron chi connectivity index (χ4n) is 1.85. The van der Waals surface area contributed by atoms with Crippen LogP contribution >= 0.6 is 0 Å². The second-order valence-corrected chi connectivity index (χ2v) is 3.97. The average molecular weight is 216 g/mol. The van der Waals surface area contributed by atoms with Gasteiger partial charge in [0.1, 0.15) is 5.82 Å². The Labute approximate surface area is 95.8 Å². The molecule has 3 nitrogen and oxygen atoms in total. The molecule has 16 heavy (non-hydrogen) atoms. The Hall–Kier alpha value is -1.77. The van der Waals surface area contributed by atoms with Crippen LogP contribution in [0.2, 0.25) is 0 Å². The molecule has 0 saturated carbocycles. The van der Waals surface area contributed by atoms with Gasteiger partial charge >= 0.3 is 0 Å². The van der Waals surface area contributed by atoms with Gasteiger partial charge in [0, 0.05) is 25.7 Å². The van der Waals surface area contributed by atoms with Crippen molar-refractivity contribution in [1.82, 2.24) is 10.2 Å². The number of carbonyl (C=O) groups is 1. The molecule has 1 saturated heterocycles. The highest BCUT2D eigenvalue weighted by atomic mass is 16.1. The Balaban J connectivity index is 2.07. The van der Waals surface area contributed by atoms with E-state index in [4.69, 9.17) is 0 Å². The van der Waals surface area contributed by atoms with E-state index in [0.717, 1.165) is 25.5 Å². The standard InChI is InChI=1S/C13H16N2O/c1-11(16)9-13-14-7-8-15(13)10-12-5-3-2-4-6-12/h2-6,9,14H,7-8,10H2,1H3/b13-9+. The SMILES string of the molecule is CC(=O)/C=C1\NCCN1Cc1ccccc1. The Morgan fingerprint density at radius 3 is 2.88 bits per heavy atom. The first-order chi connectivity index (χ1) is 7.75. The predicted molar refractivity (Wildman–Crippen MR) is 63.6 cm³/mol. The monoisotopic (exact) mass is 216 g/mol. The molecule has 0 spiro atoms. The number of benzene rings is 1. The normalized spacial score (nSPS) is 17.6. The molecule has 0 bridgehead atoms. The molecule has 1 fully saturated rings. The topological polar surface area (TPSA) is 32.3 Å². The number of ketones is 1. The molecule has 0 atom stereocenters. The highest BCUT2D eigenvalue weighted by Crippen LogP contribution is 2.12. The van der Waals surface area contributed by atoms with Crippen LogP contribution < -0.4 is 5.32 Å². The van der Waals surface area contributed by atoms with Crippen molar-refractivity contribution in [3.05, 3.63) is 47.8 Å². The van der Waals surface area contributed by atoms with Crippen LogP contribution in [0, 0.1) is 0 Å². The quantitative estimate of drug-likeness (QED) is 0.778. The third kappa shape index (κ3) is 2.63. The third-order valence-electron chi connectivity index (χ3n) is 2.58. The lowest BCUT2D eigenvalue weighted by Gasteiger charge is -2.18. The zero-order valence-electron chi connectivity index (χ0n) is 9.44. The molecule has 1 aromatic rings.